The maximum atomic E-state index is 13.7. The normalized spacial score (nSPS) is 13.2. The molecule has 0 unspecified atom stereocenters. The van der Waals surface area contributed by atoms with E-state index >= 15 is 0 Å². The fourth-order valence-electron chi connectivity index (χ4n) is 5.09. The molecule has 0 fully saturated rings. The molecule has 1 aliphatic rings. The van der Waals surface area contributed by atoms with Gasteiger partial charge in [-0.15, -0.1) is 0 Å². The molecule has 0 saturated heterocycles. The Hall–Kier alpha value is -3.28. The van der Waals surface area contributed by atoms with Crippen molar-refractivity contribution in [1.29, 1.82) is 0 Å². The molecule has 2 aromatic rings. The minimum atomic E-state index is -0.251. The van der Waals surface area contributed by atoms with Crippen molar-refractivity contribution < 1.29 is 19.2 Å². The van der Waals surface area contributed by atoms with Gasteiger partial charge in [0.15, 0.2) is 11.6 Å². The van der Waals surface area contributed by atoms with E-state index in [4.69, 9.17) is 0 Å². The Morgan fingerprint density at radius 2 is 0.947 bits per heavy atom. The second-order valence-electron chi connectivity index (χ2n) is 12.2. The fourth-order valence-corrected chi connectivity index (χ4v) is 5.09. The largest absolute Gasteiger partial charge is 0.349 e. The molecule has 6 heteroatoms. The topological polar surface area (TPSA) is 74.8 Å². The Kier molecular flexibility index (Phi) is 8.65. The number of carbonyl (C=O) groups excluding carboxylic acids is 4. The summed E-state index contributed by atoms with van der Waals surface area (Å²) in [7, 11) is 7.04. The van der Waals surface area contributed by atoms with Gasteiger partial charge in [0.1, 0.15) is 0 Å². The third kappa shape index (κ3) is 6.23. The number of nitrogens with zero attached hydrogens (tertiary/aromatic N) is 2. The van der Waals surface area contributed by atoms with Crippen molar-refractivity contribution in [2.75, 3.05) is 28.2 Å². The van der Waals surface area contributed by atoms with Crippen molar-refractivity contribution in [3.63, 3.8) is 0 Å². The SMILES string of the molecule is CN(C)C(=O)CCCC(C)(C)c1ccc2c(c1)C(=O)c1cc(C(C)(C)CCCC(=O)N(C)C)ccc1C2=O. The smallest absolute Gasteiger partial charge is 0.222 e. The van der Waals surface area contributed by atoms with Crippen molar-refractivity contribution in [2.24, 2.45) is 0 Å². The molecule has 204 valence electrons. The van der Waals surface area contributed by atoms with Crippen molar-refractivity contribution in [1.82, 2.24) is 9.80 Å². The van der Waals surface area contributed by atoms with Gasteiger partial charge in [0, 0.05) is 63.3 Å². The first-order valence-electron chi connectivity index (χ1n) is 13.4. The molecule has 1 aliphatic carbocycles. The Balaban J connectivity index is 1.84. The molecule has 6 nitrogen and oxygen atoms in total. The average Bonchev–Trinajstić information content (AvgIpc) is 2.86. The van der Waals surface area contributed by atoms with E-state index in [1.54, 1.807) is 50.1 Å². The second-order valence-corrected chi connectivity index (χ2v) is 12.2. The molecule has 0 heterocycles. The van der Waals surface area contributed by atoms with Gasteiger partial charge in [-0.25, -0.2) is 0 Å². The van der Waals surface area contributed by atoms with Gasteiger partial charge in [-0.2, -0.15) is 0 Å². The highest BCUT2D eigenvalue weighted by Crippen LogP contribution is 2.37. The lowest BCUT2D eigenvalue weighted by molar-refractivity contribution is -0.129. The van der Waals surface area contributed by atoms with Crippen LogP contribution in [0.1, 0.15) is 109 Å². The van der Waals surface area contributed by atoms with Gasteiger partial charge < -0.3 is 9.80 Å². The van der Waals surface area contributed by atoms with Crippen molar-refractivity contribution in [3.05, 3.63) is 69.8 Å². The summed E-state index contributed by atoms with van der Waals surface area (Å²) in [4.78, 5) is 54.3. The first kappa shape index (κ1) is 29.3. The lowest BCUT2D eigenvalue weighted by atomic mass is 9.74. The molecule has 0 saturated carbocycles. The summed E-state index contributed by atoms with van der Waals surface area (Å²) in [5.41, 5.74) is 3.25. The molecule has 0 radical (unpaired) electrons. The van der Waals surface area contributed by atoms with Gasteiger partial charge in [0.05, 0.1) is 0 Å². The second kappa shape index (κ2) is 11.2. The Morgan fingerprint density at radius 3 is 1.29 bits per heavy atom. The summed E-state index contributed by atoms with van der Waals surface area (Å²) >= 11 is 0. The number of rotatable bonds is 10. The molecule has 0 aliphatic heterocycles. The molecule has 38 heavy (non-hydrogen) atoms. The third-order valence-corrected chi connectivity index (χ3v) is 7.96. The van der Waals surface area contributed by atoms with Gasteiger partial charge >= 0.3 is 0 Å². The van der Waals surface area contributed by atoms with Crippen LogP contribution in [0.15, 0.2) is 36.4 Å². The van der Waals surface area contributed by atoms with Crippen LogP contribution in [0.4, 0.5) is 0 Å². The first-order valence-corrected chi connectivity index (χ1v) is 13.4. The molecule has 3 rings (SSSR count). The molecule has 2 amide bonds. The summed E-state index contributed by atoms with van der Waals surface area (Å²) in [6.45, 7) is 8.44. The monoisotopic (exact) mass is 518 g/mol. The minimum Gasteiger partial charge on any atom is -0.349 e. The predicted octanol–water partition coefficient (Wildman–Crippen LogP) is 5.53. The van der Waals surface area contributed by atoms with Crippen LogP contribution in [0.25, 0.3) is 0 Å². The van der Waals surface area contributed by atoms with Crippen LogP contribution < -0.4 is 0 Å². The summed E-state index contributed by atoms with van der Waals surface area (Å²) in [6.07, 6.45) is 4.03. The molecule has 0 bridgehead atoms. The van der Waals surface area contributed by atoms with E-state index in [-0.39, 0.29) is 34.2 Å². The highest BCUT2D eigenvalue weighted by Gasteiger charge is 2.33. The quantitative estimate of drug-likeness (QED) is 0.353. The zero-order valence-electron chi connectivity index (χ0n) is 24.2. The molecule has 0 spiro atoms. The molecule has 0 atom stereocenters. The van der Waals surface area contributed by atoms with Crippen molar-refractivity contribution >= 4 is 23.4 Å². The lowest BCUT2D eigenvalue weighted by Gasteiger charge is -2.29. The van der Waals surface area contributed by atoms with E-state index in [2.05, 4.69) is 27.7 Å². The van der Waals surface area contributed by atoms with Crippen LogP contribution in [0.3, 0.4) is 0 Å². The third-order valence-electron chi connectivity index (χ3n) is 7.96. The van der Waals surface area contributed by atoms with Crippen LogP contribution in [0.5, 0.6) is 0 Å². The maximum Gasteiger partial charge on any atom is 0.222 e. The van der Waals surface area contributed by atoms with Gasteiger partial charge in [-0.3, -0.25) is 19.2 Å². The van der Waals surface area contributed by atoms with E-state index in [1.807, 2.05) is 24.3 Å². The standard InChI is InChI=1S/C32H42N2O4/c1-31(2,17-9-11-27(35)33(5)6)21-13-15-23-25(19-21)30(38)26-20-22(14-16-24(26)29(23)37)32(3,4)18-10-12-28(36)34(7)8/h13-16,19-20H,9-12,17-18H2,1-8H3. The number of benzene rings is 2. The Bertz CT molecular complexity index is 1160. The van der Waals surface area contributed by atoms with E-state index in [0.29, 0.717) is 35.1 Å². The highest BCUT2D eigenvalue weighted by atomic mass is 16.2. The van der Waals surface area contributed by atoms with Crippen LogP contribution in [-0.2, 0) is 20.4 Å². The van der Waals surface area contributed by atoms with E-state index in [1.165, 1.54) is 0 Å². The Morgan fingerprint density at radius 1 is 0.605 bits per heavy atom. The summed E-state index contributed by atoms with van der Waals surface area (Å²) in [5.74, 6) is -0.0507. The van der Waals surface area contributed by atoms with Gasteiger partial charge in [0.25, 0.3) is 0 Å². The fraction of sp³-hybridized carbons (Fsp3) is 0.500. The van der Waals surface area contributed by atoms with Gasteiger partial charge in [-0.1, -0.05) is 39.8 Å². The number of carbonyl (C=O) groups is 4. The minimum absolute atomic E-state index is 0.103. The summed E-state index contributed by atoms with van der Waals surface area (Å²) in [5, 5.41) is 0. The van der Waals surface area contributed by atoms with E-state index in [0.717, 1.165) is 36.8 Å². The lowest BCUT2D eigenvalue weighted by Crippen LogP contribution is -2.26. The first-order chi connectivity index (χ1) is 17.7. The number of ketones is 2. The van der Waals surface area contributed by atoms with Crippen molar-refractivity contribution in [3.8, 4) is 0 Å². The van der Waals surface area contributed by atoms with Crippen LogP contribution in [0.2, 0.25) is 0 Å². The maximum absolute atomic E-state index is 13.7. The zero-order chi connectivity index (χ0) is 28.4. The summed E-state index contributed by atoms with van der Waals surface area (Å²) < 4.78 is 0. The number of hydrogen-bond acceptors (Lipinski definition) is 4. The molecule has 2 aromatic carbocycles. The number of hydrogen-bond donors (Lipinski definition) is 0. The van der Waals surface area contributed by atoms with Crippen LogP contribution in [0, 0.1) is 0 Å². The van der Waals surface area contributed by atoms with Crippen molar-refractivity contribution in [2.45, 2.75) is 77.0 Å². The average molecular weight is 519 g/mol. The Labute approximate surface area is 227 Å². The van der Waals surface area contributed by atoms with Crippen LogP contribution >= 0.6 is 0 Å². The molecule has 0 aromatic heterocycles. The summed E-state index contributed by atoms with van der Waals surface area (Å²) in [6, 6.07) is 11.2. The van der Waals surface area contributed by atoms with Gasteiger partial charge in [0.2, 0.25) is 11.8 Å². The molecule has 0 N–H and O–H groups in total. The number of fused-ring (bicyclic) bond motifs is 2. The number of amides is 2. The van der Waals surface area contributed by atoms with E-state index in [9.17, 15) is 19.2 Å². The molecular weight excluding hydrogens is 476 g/mol. The zero-order valence-corrected chi connectivity index (χ0v) is 24.2. The van der Waals surface area contributed by atoms with Crippen LogP contribution in [-0.4, -0.2) is 61.4 Å². The predicted molar refractivity (Wildman–Crippen MR) is 151 cm³/mol. The van der Waals surface area contributed by atoms with E-state index < -0.39 is 0 Å². The highest BCUT2D eigenvalue weighted by molar-refractivity contribution is 6.28. The molecular formula is C32H42N2O4. The van der Waals surface area contributed by atoms with Gasteiger partial charge in [-0.05, 0) is 71.9 Å².